The first kappa shape index (κ1) is 23.8. The topological polar surface area (TPSA) is 72.9 Å². The van der Waals surface area contributed by atoms with E-state index in [0.717, 1.165) is 5.56 Å². The molecule has 8 heteroatoms. The lowest BCUT2D eigenvalue weighted by atomic mass is 10.1. The number of nitrogens with zero attached hydrogens (tertiary/aromatic N) is 1. The summed E-state index contributed by atoms with van der Waals surface area (Å²) in [5.74, 6) is -0.554. The molecule has 4 rings (SSSR count). The van der Waals surface area contributed by atoms with Gasteiger partial charge in [0.1, 0.15) is 11.5 Å². The van der Waals surface area contributed by atoms with Gasteiger partial charge in [-0.1, -0.05) is 40.9 Å². The van der Waals surface area contributed by atoms with Gasteiger partial charge in [0.2, 0.25) is 11.7 Å². The van der Waals surface area contributed by atoms with Crippen LogP contribution in [0, 0.1) is 12.8 Å². The van der Waals surface area contributed by atoms with Crippen LogP contribution < -0.4 is 9.64 Å². The molecule has 0 aromatic heterocycles. The number of Topliss-reactive ketones (excluding diaryl/α,β-unsaturated/α-hetero) is 1. The second-order valence-corrected chi connectivity index (χ2v) is 8.81. The third kappa shape index (κ3) is 5.58. The minimum absolute atomic E-state index is 0.0103. The molecule has 0 spiro atoms. The Hall–Kier alpha value is -3.35. The lowest BCUT2D eigenvalue weighted by molar-refractivity contribution is -0.147. The maximum atomic E-state index is 12.5. The maximum Gasteiger partial charge on any atom is 0.311 e. The summed E-state index contributed by atoms with van der Waals surface area (Å²) in [6.45, 7) is 1.71. The Labute approximate surface area is 207 Å². The summed E-state index contributed by atoms with van der Waals surface area (Å²) in [5, 5.41) is 0.587. The Bertz CT molecular complexity index is 1220. The number of hydrogen-bond acceptors (Lipinski definition) is 5. The zero-order valence-electron chi connectivity index (χ0n) is 18.3. The first-order valence-electron chi connectivity index (χ1n) is 10.6. The Morgan fingerprint density at radius 2 is 1.62 bits per heavy atom. The van der Waals surface area contributed by atoms with Crippen molar-refractivity contribution in [3.05, 3.63) is 87.9 Å². The van der Waals surface area contributed by atoms with Gasteiger partial charge in [0.25, 0.3) is 0 Å². The van der Waals surface area contributed by atoms with Crippen molar-refractivity contribution < 1.29 is 23.9 Å². The molecule has 6 nitrogen and oxygen atoms in total. The fourth-order valence-electron chi connectivity index (χ4n) is 3.60. The molecule has 1 aliphatic heterocycles. The Morgan fingerprint density at radius 1 is 0.971 bits per heavy atom. The van der Waals surface area contributed by atoms with Crippen molar-refractivity contribution in [2.75, 3.05) is 18.1 Å². The van der Waals surface area contributed by atoms with Crippen molar-refractivity contribution in [2.45, 2.75) is 13.3 Å². The smallest absolute Gasteiger partial charge is 0.311 e. The van der Waals surface area contributed by atoms with E-state index in [-0.39, 0.29) is 29.5 Å². The van der Waals surface area contributed by atoms with Crippen molar-refractivity contribution in [1.29, 1.82) is 0 Å². The number of carbonyl (C=O) groups is 3. The van der Waals surface area contributed by atoms with E-state index in [1.165, 1.54) is 23.1 Å². The molecular weight excluding hydrogens is 477 g/mol. The second kappa shape index (κ2) is 10.3. The van der Waals surface area contributed by atoms with Gasteiger partial charge in [-0.3, -0.25) is 14.4 Å². The molecule has 0 N–H and O–H groups in total. The van der Waals surface area contributed by atoms with E-state index in [9.17, 15) is 14.4 Å². The highest BCUT2D eigenvalue weighted by molar-refractivity contribution is 6.36. The third-order valence-corrected chi connectivity index (χ3v) is 5.99. The number of esters is 1. The number of carbonyl (C=O) groups excluding carboxylic acids is 3. The fourth-order valence-corrected chi connectivity index (χ4v) is 4.11. The number of ether oxygens (including phenoxy) is 2. The van der Waals surface area contributed by atoms with Gasteiger partial charge in [-0.25, -0.2) is 0 Å². The van der Waals surface area contributed by atoms with Crippen LogP contribution in [0.4, 0.5) is 5.69 Å². The van der Waals surface area contributed by atoms with Gasteiger partial charge in [-0.05, 0) is 61.5 Å². The molecule has 1 amide bonds. The van der Waals surface area contributed by atoms with Gasteiger partial charge in [0.15, 0.2) is 6.61 Å². The molecule has 1 heterocycles. The Balaban J connectivity index is 1.33. The van der Waals surface area contributed by atoms with Crippen LogP contribution in [0.5, 0.6) is 11.5 Å². The van der Waals surface area contributed by atoms with Crippen LogP contribution in [0.3, 0.4) is 0 Å². The van der Waals surface area contributed by atoms with Gasteiger partial charge in [-0.2, -0.15) is 0 Å². The van der Waals surface area contributed by atoms with Gasteiger partial charge < -0.3 is 14.4 Å². The van der Waals surface area contributed by atoms with Gasteiger partial charge in [0.05, 0.1) is 10.9 Å². The molecule has 3 aromatic rings. The molecule has 0 unspecified atom stereocenters. The number of aryl methyl sites for hydroxylation is 1. The third-order valence-electron chi connectivity index (χ3n) is 5.44. The largest absolute Gasteiger partial charge is 0.457 e. The lowest BCUT2D eigenvalue weighted by Crippen LogP contribution is -2.27. The molecule has 174 valence electrons. The number of ketones is 1. The highest BCUT2D eigenvalue weighted by Gasteiger charge is 2.36. The quantitative estimate of drug-likeness (QED) is 0.301. The minimum atomic E-state index is -0.663. The average molecular weight is 498 g/mol. The SMILES string of the molecule is Cc1ccc(Oc2ccc(N3C[C@H](C(=O)OCC(=O)c4ccc(Cl)cc4Cl)CC3=O)cc2)cc1. The Morgan fingerprint density at radius 3 is 2.26 bits per heavy atom. The molecule has 0 saturated carbocycles. The maximum absolute atomic E-state index is 12.5. The molecular formula is C26H21Cl2NO5. The van der Waals surface area contributed by atoms with E-state index < -0.39 is 24.3 Å². The summed E-state index contributed by atoms with van der Waals surface area (Å²) in [6, 6.07) is 19.2. The highest BCUT2D eigenvalue weighted by Crippen LogP contribution is 2.29. The van der Waals surface area contributed by atoms with E-state index in [2.05, 4.69) is 0 Å². The van der Waals surface area contributed by atoms with Gasteiger partial charge >= 0.3 is 5.97 Å². The van der Waals surface area contributed by atoms with Crippen LogP contribution in [0.15, 0.2) is 66.7 Å². The van der Waals surface area contributed by atoms with Crippen LogP contribution in [0.2, 0.25) is 10.0 Å². The number of hydrogen-bond donors (Lipinski definition) is 0. The van der Waals surface area contributed by atoms with Gasteiger partial charge in [-0.15, -0.1) is 0 Å². The molecule has 34 heavy (non-hydrogen) atoms. The number of rotatable bonds is 7. The number of benzene rings is 3. The monoisotopic (exact) mass is 497 g/mol. The summed E-state index contributed by atoms with van der Waals surface area (Å²) in [5.41, 5.74) is 2.01. The highest BCUT2D eigenvalue weighted by atomic mass is 35.5. The fraction of sp³-hybridized carbons (Fsp3) is 0.192. The predicted octanol–water partition coefficient (Wildman–Crippen LogP) is 5.87. The average Bonchev–Trinajstić information content (AvgIpc) is 3.21. The number of halogens is 2. The van der Waals surface area contributed by atoms with Crippen molar-refractivity contribution >= 4 is 46.5 Å². The van der Waals surface area contributed by atoms with Crippen LogP contribution in [0.25, 0.3) is 0 Å². The van der Waals surface area contributed by atoms with Crippen molar-refractivity contribution in [2.24, 2.45) is 5.92 Å². The van der Waals surface area contributed by atoms with E-state index in [1.54, 1.807) is 24.3 Å². The van der Waals surface area contributed by atoms with Crippen molar-refractivity contribution in [3.63, 3.8) is 0 Å². The molecule has 0 radical (unpaired) electrons. The van der Waals surface area contributed by atoms with E-state index in [4.69, 9.17) is 32.7 Å². The molecule has 1 saturated heterocycles. The normalized spacial score (nSPS) is 15.3. The summed E-state index contributed by atoms with van der Waals surface area (Å²) in [4.78, 5) is 38.9. The Kier molecular flexibility index (Phi) is 7.20. The summed E-state index contributed by atoms with van der Waals surface area (Å²) in [7, 11) is 0. The molecule has 1 aliphatic rings. The first-order chi connectivity index (χ1) is 16.3. The van der Waals surface area contributed by atoms with Crippen LogP contribution in [-0.4, -0.2) is 30.8 Å². The minimum Gasteiger partial charge on any atom is -0.457 e. The van der Waals surface area contributed by atoms with Crippen molar-refractivity contribution in [3.8, 4) is 11.5 Å². The van der Waals surface area contributed by atoms with E-state index >= 15 is 0 Å². The standard InChI is InChI=1S/C26H21Cl2NO5/c1-16-2-7-20(8-3-16)34-21-9-5-19(6-10-21)29-14-17(12-25(29)31)26(32)33-15-24(30)22-11-4-18(27)13-23(22)28/h2-11,13,17H,12,14-15H2,1H3/t17-/m1/s1. The lowest BCUT2D eigenvalue weighted by Gasteiger charge is -2.17. The van der Waals surface area contributed by atoms with Crippen molar-refractivity contribution in [1.82, 2.24) is 0 Å². The number of anilines is 1. The zero-order chi connectivity index (χ0) is 24.2. The van der Waals surface area contributed by atoms with Crippen LogP contribution >= 0.6 is 23.2 Å². The van der Waals surface area contributed by atoms with E-state index in [0.29, 0.717) is 22.2 Å². The molecule has 3 aromatic carbocycles. The molecule has 0 aliphatic carbocycles. The van der Waals surface area contributed by atoms with Crippen LogP contribution in [-0.2, 0) is 14.3 Å². The summed E-state index contributed by atoms with van der Waals surface area (Å²) >= 11 is 11.9. The molecule has 1 fully saturated rings. The zero-order valence-corrected chi connectivity index (χ0v) is 19.8. The summed E-state index contributed by atoms with van der Waals surface area (Å²) < 4.78 is 11.0. The number of amides is 1. The molecule has 0 bridgehead atoms. The second-order valence-electron chi connectivity index (χ2n) is 7.97. The van der Waals surface area contributed by atoms with E-state index in [1.807, 2.05) is 31.2 Å². The first-order valence-corrected chi connectivity index (χ1v) is 11.4. The summed E-state index contributed by atoms with van der Waals surface area (Å²) in [6.07, 6.45) is 0.0103. The predicted molar refractivity (Wildman–Crippen MR) is 130 cm³/mol. The van der Waals surface area contributed by atoms with Gasteiger partial charge in [0, 0.05) is 29.2 Å². The molecule has 1 atom stereocenters. The van der Waals surface area contributed by atoms with Crippen LogP contribution in [0.1, 0.15) is 22.3 Å².